The van der Waals surface area contributed by atoms with E-state index in [0.29, 0.717) is 38.9 Å². The largest absolute Gasteiger partial charge is 0.493 e. The molecule has 0 radical (unpaired) electrons. The van der Waals surface area contributed by atoms with Gasteiger partial charge in [0.1, 0.15) is 5.82 Å². The molecule has 0 saturated heterocycles. The van der Waals surface area contributed by atoms with E-state index in [1.54, 1.807) is 24.3 Å². The van der Waals surface area contributed by atoms with Crippen LogP contribution in [0, 0.1) is 0 Å². The average molecular weight is 553 g/mol. The minimum absolute atomic E-state index is 0.269. The molecule has 10 heteroatoms. The number of halogens is 2. The van der Waals surface area contributed by atoms with Crippen molar-refractivity contribution in [3.05, 3.63) is 61.0 Å². The first-order valence-electron chi connectivity index (χ1n) is 9.27. The van der Waals surface area contributed by atoms with E-state index in [0.717, 1.165) is 4.47 Å². The van der Waals surface area contributed by atoms with Gasteiger partial charge in [0.2, 0.25) is 0 Å². The molecule has 1 N–H and O–H groups in total. The third kappa shape index (κ3) is 4.96. The molecule has 1 heterocycles. The van der Waals surface area contributed by atoms with E-state index in [1.165, 1.54) is 24.9 Å². The van der Waals surface area contributed by atoms with Crippen LogP contribution < -0.4 is 15.0 Å². The molecule has 0 aliphatic heterocycles. The van der Waals surface area contributed by atoms with Crippen molar-refractivity contribution in [2.45, 2.75) is 26.4 Å². The van der Waals surface area contributed by atoms with E-state index in [9.17, 15) is 9.59 Å². The van der Waals surface area contributed by atoms with Crippen LogP contribution in [-0.4, -0.2) is 40.2 Å². The average Bonchev–Trinajstić information content (AvgIpc) is 2.74. The molecule has 0 aliphatic carbocycles. The molecule has 0 bridgehead atoms. The summed E-state index contributed by atoms with van der Waals surface area (Å²) in [6.45, 7) is 3.32. The predicted molar refractivity (Wildman–Crippen MR) is 124 cm³/mol. The fourth-order valence-corrected chi connectivity index (χ4v) is 3.59. The lowest BCUT2D eigenvalue weighted by Crippen LogP contribution is -2.23. The van der Waals surface area contributed by atoms with Crippen LogP contribution >= 0.6 is 31.9 Å². The molecule has 2 aromatic carbocycles. The molecule has 3 rings (SSSR count). The summed E-state index contributed by atoms with van der Waals surface area (Å²) in [7, 11) is 1.45. The number of hydrogen-bond donors (Lipinski definition) is 1. The van der Waals surface area contributed by atoms with E-state index >= 15 is 0 Å². The lowest BCUT2D eigenvalue weighted by Gasteiger charge is -2.15. The van der Waals surface area contributed by atoms with Crippen molar-refractivity contribution in [2.75, 3.05) is 7.11 Å². The van der Waals surface area contributed by atoms with Crippen molar-refractivity contribution in [1.82, 2.24) is 9.66 Å². The first kappa shape index (κ1) is 23.0. The zero-order valence-electron chi connectivity index (χ0n) is 16.9. The highest BCUT2D eigenvalue weighted by Gasteiger charge is 2.17. The minimum atomic E-state index is -1.09. The van der Waals surface area contributed by atoms with E-state index in [-0.39, 0.29) is 11.3 Å². The molecule has 0 spiro atoms. The number of hydrogen-bond acceptors (Lipinski definition) is 6. The summed E-state index contributed by atoms with van der Waals surface area (Å²) in [4.78, 5) is 28.6. The van der Waals surface area contributed by atoms with Crippen molar-refractivity contribution < 1.29 is 19.4 Å². The van der Waals surface area contributed by atoms with Gasteiger partial charge in [0.05, 0.1) is 24.2 Å². The number of ether oxygens (including phenoxy) is 2. The van der Waals surface area contributed by atoms with E-state index in [4.69, 9.17) is 14.6 Å². The second-order valence-electron chi connectivity index (χ2n) is 6.53. The third-order valence-electron chi connectivity index (χ3n) is 4.44. The van der Waals surface area contributed by atoms with Gasteiger partial charge in [0.15, 0.2) is 17.6 Å². The number of carbonyl (C=O) groups is 1. The Morgan fingerprint density at radius 1 is 1.29 bits per heavy atom. The molecule has 162 valence electrons. The molecule has 0 amide bonds. The van der Waals surface area contributed by atoms with Gasteiger partial charge in [-0.15, -0.1) is 0 Å². The van der Waals surface area contributed by atoms with Crippen molar-refractivity contribution in [3.63, 3.8) is 0 Å². The van der Waals surface area contributed by atoms with Crippen molar-refractivity contribution in [1.29, 1.82) is 0 Å². The normalized spacial score (nSPS) is 12.3. The van der Waals surface area contributed by atoms with Gasteiger partial charge < -0.3 is 14.6 Å². The molecule has 31 heavy (non-hydrogen) atoms. The summed E-state index contributed by atoms with van der Waals surface area (Å²) < 4.78 is 13.4. The van der Waals surface area contributed by atoms with E-state index in [2.05, 4.69) is 41.9 Å². The van der Waals surface area contributed by atoms with Crippen molar-refractivity contribution in [2.24, 2.45) is 5.10 Å². The molecule has 0 fully saturated rings. The molecule has 1 aromatic heterocycles. The highest BCUT2D eigenvalue weighted by atomic mass is 79.9. The van der Waals surface area contributed by atoms with Crippen LogP contribution in [0.25, 0.3) is 10.9 Å². The Kier molecular flexibility index (Phi) is 7.11. The number of rotatable bonds is 7. The number of aliphatic carboxylic acids is 1. The van der Waals surface area contributed by atoms with Gasteiger partial charge in [0.25, 0.3) is 5.56 Å². The van der Waals surface area contributed by atoms with Crippen LogP contribution in [0.4, 0.5) is 0 Å². The zero-order valence-corrected chi connectivity index (χ0v) is 20.1. The molecule has 1 atom stereocenters. The number of carboxylic acids is 1. The Balaban J connectivity index is 2.05. The number of aromatic nitrogens is 2. The minimum Gasteiger partial charge on any atom is -0.493 e. The first-order chi connectivity index (χ1) is 14.7. The lowest BCUT2D eigenvalue weighted by atomic mass is 10.2. The standard InChI is InChI=1S/C21H19Br2N3O5/c1-4-19-25-16-6-5-13(22)8-14(16)20(27)26(19)24-10-12-7-17(30-3)18(9-15(12)23)31-11(2)21(28)29/h5-11H,4H2,1-3H3,(H,28,29)/t11-/m1/s1. The Hall–Kier alpha value is -2.72. The number of methoxy groups -OCH3 is 1. The van der Waals surface area contributed by atoms with Gasteiger partial charge in [-0.3, -0.25) is 4.79 Å². The molecule has 0 unspecified atom stereocenters. The number of benzene rings is 2. The quantitative estimate of drug-likeness (QED) is 0.440. The highest BCUT2D eigenvalue weighted by molar-refractivity contribution is 9.10. The number of carboxylic acid groups (broad SMARTS) is 1. The summed E-state index contributed by atoms with van der Waals surface area (Å²) in [5, 5.41) is 13.9. The zero-order chi connectivity index (χ0) is 22.7. The maximum absolute atomic E-state index is 13.0. The first-order valence-corrected chi connectivity index (χ1v) is 10.9. The van der Waals surface area contributed by atoms with Crippen LogP contribution in [0.2, 0.25) is 0 Å². The Labute approximate surface area is 194 Å². The lowest BCUT2D eigenvalue weighted by molar-refractivity contribution is -0.144. The van der Waals surface area contributed by atoms with Crippen LogP contribution in [-0.2, 0) is 11.2 Å². The SMILES string of the molecule is CCc1nc2ccc(Br)cc2c(=O)n1N=Cc1cc(OC)c(O[C@H](C)C(=O)O)cc1Br. The Bertz CT molecular complexity index is 1240. The van der Waals surface area contributed by atoms with Gasteiger partial charge in [-0.1, -0.05) is 22.9 Å². The van der Waals surface area contributed by atoms with Gasteiger partial charge in [-0.25, -0.2) is 9.78 Å². The third-order valence-corrected chi connectivity index (χ3v) is 5.62. The molecule has 8 nitrogen and oxygen atoms in total. The van der Waals surface area contributed by atoms with Gasteiger partial charge in [0, 0.05) is 20.9 Å². The smallest absolute Gasteiger partial charge is 0.344 e. The van der Waals surface area contributed by atoms with Gasteiger partial charge >= 0.3 is 5.97 Å². The van der Waals surface area contributed by atoms with Crippen LogP contribution in [0.15, 0.2) is 49.2 Å². The second-order valence-corrected chi connectivity index (χ2v) is 8.30. The summed E-state index contributed by atoms with van der Waals surface area (Å²) in [6, 6.07) is 8.56. The monoisotopic (exact) mass is 551 g/mol. The summed E-state index contributed by atoms with van der Waals surface area (Å²) >= 11 is 6.81. The molecule has 0 aliphatic rings. The topological polar surface area (TPSA) is 103 Å². The fourth-order valence-electron chi connectivity index (χ4n) is 2.80. The van der Waals surface area contributed by atoms with Crippen LogP contribution in [0.1, 0.15) is 25.2 Å². The van der Waals surface area contributed by atoms with Gasteiger partial charge in [-0.2, -0.15) is 9.78 Å². The summed E-state index contributed by atoms with van der Waals surface area (Å²) in [5.41, 5.74) is 0.932. The van der Waals surface area contributed by atoms with Gasteiger partial charge in [-0.05, 0) is 53.2 Å². The Morgan fingerprint density at radius 2 is 2.03 bits per heavy atom. The summed E-state index contributed by atoms with van der Waals surface area (Å²) in [5.74, 6) is 0.0339. The van der Waals surface area contributed by atoms with Crippen LogP contribution in [0.3, 0.4) is 0 Å². The Morgan fingerprint density at radius 3 is 2.68 bits per heavy atom. The predicted octanol–water partition coefficient (Wildman–Crippen LogP) is 4.23. The number of aryl methyl sites for hydroxylation is 1. The maximum Gasteiger partial charge on any atom is 0.344 e. The second kappa shape index (κ2) is 9.61. The highest BCUT2D eigenvalue weighted by Crippen LogP contribution is 2.33. The molecular formula is C21H19Br2N3O5. The van der Waals surface area contributed by atoms with Crippen LogP contribution in [0.5, 0.6) is 11.5 Å². The van der Waals surface area contributed by atoms with Crippen molar-refractivity contribution >= 4 is 54.9 Å². The molecular weight excluding hydrogens is 534 g/mol. The molecule has 3 aromatic rings. The maximum atomic E-state index is 13.0. The number of fused-ring (bicyclic) bond motifs is 1. The van der Waals surface area contributed by atoms with E-state index in [1.807, 2.05) is 13.0 Å². The van der Waals surface area contributed by atoms with E-state index < -0.39 is 12.1 Å². The van der Waals surface area contributed by atoms with Crippen molar-refractivity contribution in [3.8, 4) is 11.5 Å². The number of nitrogens with zero attached hydrogens (tertiary/aromatic N) is 3. The molecule has 0 saturated carbocycles. The fraction of sp³-hybridized carbons (Fsp3) is 0.238. The summed E-state index contributed by atoms with van der Waals surface area (Å²) in [6.07, 6.45) is 0.973.